The fourth-order valence-electron chi connectivity index (χ4n) is 3.76. The molecule has 2 aliphatic heterocycles. The first-order chi connectivity index (χ1) is 9.05. The molecule has 0 aromatic heterocycles. The maximum Gasteiger partial charge on any atom is 0.0647 e. The second-order valence-electron chi connectivity index (χ2n) is 7.10. The first-order valence-corrected chi connectivity index (χ1v) is 8.13. The zero-order valence-corrected chi connectivity index (χ0v) is 13.2. The van der Waals surface area contributed by atoms with E-state index in [4.69, 9.17) is 4.74 Å². The fourth-order valence-corrected chi connectivity index (χ4v) is 3.76. The Bertz CT molecular complexity index is 274. The lowest BCUT2D eigenvalue weighted by atomic mass is 9.87. The highest BCUT2D eigenvalue weighted by atomic mass is 16.5. The van der Waals surface area contributed by atoms with Gasteiger partial charge in [0.1, 0.15) is 0 Å². The average molecular weight is 268 g/mol. The highest BCUT2D eigenvalue weighted by Gasteiger charge is 2.40. The summed E-state index contributed by atoms with van der Waals surface area (Å²) in [5.41, 5.74) is 0.260. The lowest BCUT2D eigenvalue weighted by Crippen LogP contribution is -2.65. The summed E-state index contributed by atoms with van der Waals surface area (Å²) >= 11 is 0. The van der Waals surface area contributed by atoms with E-state index in [0.29, 0.717) is 12.1 Å². The van der Waals surface area contributed by atoms with E-state index in [1.54, 1.807) is 0 Å². The largest absolute Gasteiger partial charge is 0.380 e. The SMILES string of the molecule is CCC1CNC(CC(C)C)CN1C1(C)CCCOC1. The Kier molecular flexibility index (Phi) is 5.27. The molecule has 0 aliphatic carbocycles. The zero-order valence-electron chi connectivity index (χ0n) is 13.2. The van der Waals surface area contributed by atoms with Gasteiger partial charge in [0.25, 0.3) is 0 Å². The van der Waals surface area contributed by atoms with Crippen molar-refractivity contribution in [3.63, 3.8) is 0 Å². The summed E-state index contributed by atoms with van der Waals surface area (Å²) in [6.45, 7) is 13.6. The molecule has 2 aliphatic rings. The highest BCUT2D eigenvalue weighted by molar-refractivity contribution is 4.97. The second-order valence-corrected chi connectivity index (χ2v) is 7.10. The molecule has 0 bridgehead atoms. The van der Waals surface area contributed by atoms with E-state index in [0.717, 1.165) is 25.7 Å². The minimum atomic E-state index is 0.260. The second kappa shape index (κ2) is 6.55. The van der Waals surface area contributed by atoms with Gasteiger partial charge in [0.2, 0.25) is 0 Å². The van der Waals surface area contributed by atoms with Crippen LogP contribution in [-0.2, 0) is 4.74 Å². The van der Waals surface area contributed by atoms with Crippen LogP contribution in [0.2, 0.25) is 0 Å². The summed E-state index contributed by atoms with van der Waals surface area (Å²) in [5, 5.41) is 3.76. The molecule has 2 saturated heterocycles. The van der Waals surface area contributed by atoms with Gasteiger partial charge in [0.05, 0.1) is 6.61 Å². The van der Waals surface area contributed by atoms with Gasteiger partial charge in [-0.2, -0.15) is 0 Å². The lowest BCUT2D eigenvalue weighted by Gasteiger charge is -2.52. The third kappa shape index (κ3) is 3.71. The number of nitrogens with zero attached hydrogens (tertiary/aromatic N) is 1. The van der Waals surface area contributed by atoms with Crippen LogP contribution in [0.15, 0.2) is 0 Å². The topological polar surface area (TPSA) is 24.5 Å². The summed E-state index contributed by atoms with van der Waals surface area (Å²) in [7, 11) is 0. The van der Waals surface area contributed by atoms with Gasteiger partial charge < -0.3 is 10.1 Å². The van der Waals surface area contributed by atoms with Gasteiger partial charge in [-0.05, 0) is 38.5 Å². The van der Waals surface area contributed by atoms with Crippen LogP contribution in [0.25, 0.3) is 0 Å². The van der Waals surface area contributed by atoms with E-state index >= 15 is 0 Å². The van der Waals surface area contributed by atoms with Crippen molar-refractivity contribution in [1.82, 2.24) is 10.2 Å². The van der Waals surface area contributed by atoms with Gasteiger partial charge in [0, 0.05) is 37.3 Å². The van der Waals surface area contributed by atoms with Gasteiger partial charge in [-0.25, -0.2) is 0 Å². The molecule has 3 unspecified atom stereocenters. The van der Waals surface area contributed by atoms with Crippen LogP contribution >= 0.6 is 0 Å². The molecular weight excluding hydrogens is 236 g/mol. The normalized spacial score (nSPS) is 37.7. The molecule has 0 aromatic carbocycles. The van der Waals surface area contributed by atoms with Crippen molar-refractivity contribution in [2.24, 2.45) is 5.92 Å². The Hall–Kier alpha value is -0.120. The van der Waals surface area contributed by atoms with Crippen molar-refractivity contribution >= 4 is 0 Å². The van der Waals surface area contributed by atoms with Gasteiger partial charge in [-0.15, -0.1) is 0 Å². The summed E-state index contributed by atoms with van der Waals surface area (Å²) in [4.78, 5) is 2.76. The summed E-state index contributed by atoms with van der Waals surface area (Å²) < 4.78 is 5.79. The van der Waals surface area contributed by atoms with Crippen LogP contribution in [0.1, 0.15) is 53.4 Å². The van der Waals surface area contributed by atoms with Crippen molar-refractivity contribution < 1.29 is 4.74 Å². The molecule has 1 N–H and O–H groups in total. The quantitative estimate of drug-likeness (QED) is 0.848. The number of nitrogens with one attached hydrogen (secondary N) is 1. The Morgan fingerprint density at radius 2 is 2.21 bits per heavy atom. The summed E-state index contributed by atoms with van der Waals surface area (Å²) in [6.07, 6.45) is 5.02. The van der Waals surface area contributed by atoms with Gasteiger partial charge >= 0.3 is 0 Å². The molecule has 2 rings (SSSR count). The number of hydrogen-bond donors (Lipinski definition) is 1. The molecule has 19 heavy (non-hydrogen) atoms. The van der Waals surface area contributed by atoms with Crippen LogP contribution < -0.4 is 5.32 Å². The molecule has 2 heterocycles. The van der Waals surface area contributed by atoms with Crippen molar-refractivity contribution in [3.8, 4) is 0 Å². The number of hydrogen-bond acceptors (Lipinski definition) is 3. The molecule has 2 fully saturated rings. The van der Waals surface area contributed by atoms with E-state index in [-0.39, 0.29) is 5.54 Å². The van der Waals surface area contributed by atoms with E-state index in [9.17, 15) is 0 Å². The number of ether oxygens (including phenoxy) is 1. The van der Waals surface area contributed by atoms with Crippen LogP contribution in [-0.4, -0.2) is 48.8 Å². The van der Waals surface area contributed by atoms with E-state index in [1.165, 1.54) is 32.2 Å². The van der Waals surface area contributed by atoms with Crippen molar-refractivity contribution in [1.29, 1.82) is 0 Å². The molecule has 0 aromatic rings. The third-order valence-corrected chi connectivity index (χ3v) is 4.84. The standard InChI is InChI=1S/C16H32N2O/c1-5-15-10-17-14(9-13(2)3)11-18(15)16(4)7-6-8-19-12-16/h13-15,17H,5-12H2,1-4H3. The molecular formula is C16H32N2O. The Morgan fingerprint density at radius 1 is 1.42 bits per heavy atom. The van der Waals surface area contributed by atoms with Crippen LogP contribution in [0.3, 0.4) is 0 Å². The minimum absolute atomic E-state index is 0.260. The van der Waals surface area contributed by atoms with Gasteiger partial charge in [-0.3, -0.25) is 4.90 Å². The molecule has 112 valence electrons. The van der Waals surface area contributed by atoms with Crippen molar-refractivity contribution in [3.05, 3.63) is 0 Å². The number of piperazine rings is 1. The first-order valence-electron chi connectivity index (χ1n) is 8.13. The minimum Gasteiger partial charge on any atom is -0.380 e. The fraction of sp³-hybridized carbons (Fsp3) is 1.00. The number of rotatable bonds is 4. The Morgan fingerprint density at radius 3 is 2.79 bits per heavy atom. The van der Waals surface area contributed by atoms with E-state index in [2.05, 4.69) is 37.9 Å². The predicted molar refractivity (Wildman–Crippen MR) is 80.5 cm³/mol. The average Bonchev–Trinajstić information content (AvgIpc) is 2.39. The molecule has 0 amide bonds. The molecule has 0 spiro atoms. The predicted octanol–water partition coefficient (Wildman–Crippen LogP) is 2.65. The maximum atomic E-state index is 5.79. The smallest absolute Gasteiger partial charge is 0.0647 e. The van der Waals surface area contributed by atoms with E-state index in [1.807, 2.05) is 0 Å². The molecule has 3 nitrogen and oxygen atoms in total. The molecule has 0 radical (unpaired) electrons. The zero-order chi connectivity index (χ0) is 13.9. The molecule has 3 atom stereocenters. The summed E-state index contributed by atoms with van der Waals surface area (Å²) in [6, 6.07) is 1.33. The first kappa shape index (κ1) is 15.3. The van der Waals surface area contributed by atoms with Gasteiger partial charge in [0.15, 0.2) is 0 Å². The van der Waals surface area contributed by atoms with Crippen LogP contribution in [0.5, 0.6) is 0 Å². The van der Waals surface area contributed by atoms with E-state index < -0.39 is 0 Å². The van der Waals surface area contributed by atoms with Crippen molar-refractivity contribution in [2.45, 2.75) is 71.0 Å². The Labute approximate surface area is 119 Å². The van der Waals surface area contributed by atoms with Gasteiger partial charge in [-0.1, -0.05) is 20.8 Å². The molecule has 0 saturated carbocycles. The monoisotopic (exact) mass is 268 g/mol. The van der Waals surface area contributed by atoms with Crippen LogP contribution in [0, 0.1) is 5.92 Å². The lowest BCUT2D eigenvalue weighted by molar-refractivity contribution is -0.0730. The van der Waals surface area contributed by atoms with Crippen LogP contribution in [0.4, 0.5) is 0 Å². The summed E-state index contributed by atoms with van der Waals surface area (Å²) in [5.74, 6) is 0.771. The Balaban J connectivity index is 2.04. The maximum absolute atomic E-state index is 5.79. The highest BCUT2D eigenvalue weighted by Crippen LogP contribution is 2.31. The van der Waals surface area contributed by atoms with Crippen molar-refractivity contribution in [2.75, 3.05) is 26.3 Å². The molecule has 3 heteroatoms. The third-order valence-electron chi connectivity index (χ3n) is 4.84.